The molecule has 204 valence electrons. The highest BCUT2D eigenvalue weighted by atomic mass is 35.5. The maximum absolute atomic E-state index is 13.8. The van der Waals surface area contributed by atoms with E-state index >= 15 is 0 Å². The van der Waals surface area contributed by atoms with E-state index in [0.717, 1.165) is 11.1 Å². The summed E-state index contributed by atoms with van der Waals surface area (Å²) >= 11 is 6.21. The lowest BCUT2D eigenvalue weighted by Crippen LogP contribution is -2.31. The topological polar surface area (TPSA) is 84.9 Å². The third-order valence-electron chi connectivity index (χ3n) is 6.65. The number of nitrogens with one attached hydrogen (secondary N) is 1. The molecule has 1 atom stereocenters. The van der Waals surface area contributed by atoms with Crippen molar-refractivity contribution >= 4 is 39.9 Å². The number of ether oxygens (including phenoxy) is 2. The monoisotopic (exact) mass is 574 g/mol. The first kappa shape index (κ1) is 27.4. The van der Waals surface area contributed by atoms with Gasteiger partial charge in [0.2, 0.25) is 0 Å². The van der Waals surface area contributed by atoms with Crippen molar-refractivity contribution in [3.05, 3.63) is 112 Å². The molecule has 1 unspecified atom stereocenters. The van der Waals surface area contributed by atoms with Gasteiger partial charge in [-0.05, 0) is 72.1 Å². The first-order valence-corrected chi connectivity index (χ1v) is 14.1. The average Bonchev–Trinajstić information content (AvgIpc) is 3.06. The molecule has 4 aromatic rings. The molecule has 1 aliphatic heterocycles. The third-order valence-corrected chi connectivity index (χ3v) is 8.39. The Labute approximate surface area is 240 Å². The van der Waals surface area contributed by atoms with Crippen LogP contribution in [0.15, 0.2) is 94.7 Å². The molecule has 0 aliphatic carbocycles. The Kier molecular flexibility index (Phi) is 8.19. The summed E-state index contributed by atoms with van der Waals surface area (Å²) in [5, 5.41) is 3.49. The van der Waals surface area contributed by atoms with Gasteiger partial charge < -0.3 is 19.7 Å². The molecule has 0 fully saturated rings. The van der Waals surface area contributed by atoms with Crippen molar-refractivity contribution < 1.29 is 23.3 Å². The second-order valence-electron chi connectivity index (χ2n) is 9.16. The molecule has 0 radical (unpaired) electrons. The molecule has 40 heavy (non-hydrogen) atoms. The zero-order chi connectivity index (χ0) is 28.2. The Morgan fingerprint density at radius 2 is 1.68 bits per heavy atom. The Hall–Kier alpha value is -4.14. The van der Waals surface area contributed by atoms with Gasteiger partial charge in [-0.15, -0.1) is 0 Å². The van der Waals surface area contributed by atoms with Crippen molar-refractivity contribution in [2.24, 2.45) is 0 Å². The highest BCUT2D eigenvalue weighted by Crippen LogP contribution is 2.36. The Balaban J connectivity index is 1.43. The van der Waals surface area contributed by atoms with Crippen molar-refractivity contribution in [3.63, 3.8) is 0 Å². The molecule has 4 aromatic carbocycles. The summed E-state index contributed by atoms with van der Waals surface area (Å²) in [6, 6.07) is 24.7. The highest BCUT2D eigenvalue weighted by molar-refractivity contribution is 7.85. The summed E-state index contributed by atoms with van der Waals surface area (Å²) in [5.41, 5.74) is 2.93. The predicted octanol–water partition coefficient (Wildman–Crippen LogP) is 5.66. The van der Waals surface area contributed by atoms with Crippen LogP contribution in [-0.4, -0.2) is 36.8 Å². The summed E-state index contributed by atoms with van der Waals surface area (Å²) < 4.78 is 24.3. The molecule has 1 N–H and O–H groups in total. The first-order valence-electron chi connectivity index (χ1n) is 12.6. The van der Waals surface area contributed by atoms with E-state index in [-0.39, 0.29) is 18.4 Å². The summed E-state index contributed by atoms with van der Waals surface area (Å²) in [6.07, 6.45) is 0.579. The number of halogens is 1. The molecule has 9 heteroatoms. The maximum atomic E-state index is 13.8. The van der Waals surface area contributed by atoms with Crippen LogP contribution in [0.2, 0.25) is 5.02 Å². The number of carbonyl (C=O) groups excluding carboxylic acids is 2. The van der Waals surface area contributed by atoms with Crippen molar-refractivity contribution in [1.29, 1.82) is 0 Å². The number of hydrogen-bond donors (Lipinski definition) is 1. The van der Waals surface area contributed by atoms with Gasteiger partial charge in [0.25, 0.3) is 11.8 Å². The van der Waals surface area contributed by atoms with Crippen molar-refractivity contribution in [2.45, 2.75) is 22.8 Å². The molecule has 0 bridgehead atoms. The van der Waals surface area contributed by atoms with Gasteiger partial charge in [-0.3, -0.25) is 9.59 Å². The van der Waals surface area contributed by atoms with Crippen LogP contribution in [0.3, 0.4) is 0 Å². The minimum atomic E-state index is -1.61. The summed E-state index contributed by atoms with van der Waals surface area (Å²) in [5.74, 6) is 0.659. The van der Waals surface area contributed by atoms with Gasteiger partial charge in [-0.1, -0.05) is 41.9 Å². The van der Waals surface area contributed by atoms with Crippen LogP contribution in [-0.2, 0) is 23.8 Å². The van der Waals surface area contributed by atoms with Gasteiger partial charge in [-0.25, -0.2) is 4.21 Å². The van der Waals surface area contributed by atoms with E-state index in [1.54, 1.807) is 73.7 Å². The van der Waals surface area contributed by atoms with Gasteiger partial charge in [0, 0.05) is 17.1 Å². The van der Waals surface area contributed by atoms with Crippen molar-refractivity contribution in [1.82, 2.24) is 5.32 Å². The number of fused-ring (bicyclic) bond motifs is 2. The normalized spacial score (nSPS) is 14.1. The summed E-state index contributed by atoms with van der Waals surface area (Å²) in [7, 11) is 1.55. The van der Waals surface area contributed by atoms with E-state index in [1.807, 2.05) is 30.3 Å². The summed E-state index contributed by atoms with van der Waals surface area (Å²) in [6.45, 7) is 0.580. The second-order valence-corrected chi connectivity index (χ2v) is 11.0. The van der Waals surface area contributed by atoms with E-state index in [1.165, 1.54) is 0 Å². The predicted molar refractivity (Wildman–Crippen MR) is 155 cm³/mol. The van der Waals surface area contributed by atoms with E-state index in [0.29, 0.717) is 56.1 Å². The third kappa shape index (κ3) is 5.59. The largest absolute Gasteiger partial charge is 0.493 e. The van der Waals surface area contributed by atoms with Gasteiger partial charge in [0.05, 0.1) is 52.6 Å². The quantitative estimate of drug-likeness (QED) is 0.294. The molecule has 7 nitrogen and oxygen atoms in total. The fraction of sp³-hybridized carbons (Fsp3) is 0.161. The number of nitrogens with zero attached hydrogens (tertiary/aromatic N) is 1. The maximum Gasteiger partial charge on any atom is 0.259 e. The number of anilines is 1. The molecule has 0 saturated heterocycles. The van der Waals surface area contributed by atoms with E-state index in [4.69, 9.17) is 21.1 Å². The fourth-order valence-corrected chi connectivity index (χ4v) is 6.20. The van der Waals surface area contributed by atoms with Gasteiger partial charge in [0.15, 0.2) is 11.5 Å². The van der Waals surface area contributed by atoms with E-state index < -0.39 is 10.8 Å². The smallest absolute Gasteiger partial charge is 0.259 e. The first-order chi connectivity index (χ1) is 19.4. The molecule has 1 aliphatic rings. The van der Waals surface area contributed by atoms with Crippen LogP contribution >= 0.6 is 11.6 Å². The summed E-state index contributed by atoms with van der Waals surface area (Å²) in [4.78, 5) is 29.4. The lowest BCUT2D eigenvalue weighted by molar-refractivity contribution is 0.0950. The van der Waals surface area contributed by atoms with Gasteiger partial charge >= 0.3 is 0 Å². The number of rotatable bonds is 8. The SMILES string of the molecule is COc1ccc(CCNC(=O)c2ccc3c(c2)N(Cc2cccc(Cl)c2)C(=O)c2ccccc2S3=O)cc1OC. The fourth-order valence-electron chi connectivity index (χ4n) is 4.64. The molecule has 1 heterocycles. The van der Waals surface area contributed by atoms with Crippen LogP contribution in [0, 0.1) is 0 Å². The number of hydrogen-bond acceptors (Lipinski definition) is 5. The van der Waals surface area contributed by atoms with E-state index in [9.17, 15) is 13.8 Å². The Morgan fingerprint density at radius 3 is 2.45 bits per heavy atom. The molecule has 0 aromatic heterocycles. The molecule has 0 saturated carbocycles. The Bertz CT molecular complexity index is 1620. The highest BCUT2D eigenvalue weighted by Gasteiger charge is 2.31. The minimum Gasteiger partial charge on any atom is -0.493 e. The number of carbonyl (C=O) groups is 2. The van der Waals surface area contributed by atoms with Crippen LogP contribution < -0.4 is 19.7 Å². The van der Waals surface area contributed by atoms with Crippen LogP contribution in [0.1, 0.15) is 31.8 Å². The van der Waals surface area contributed by atoms with E-state index in [2.05, 4.69) is 5.32 Å². The second kappa shape index (κ2) is 11.9. The van der Waals surface area contributed by atoms with Crippen LogP contribution in [0.4, 0.5) is 5.69 Å². The number of amides is 2. The number of benzene rings is 4. The lowest BCUT2D eigenvalue weighted by Gasteiger charge is -2.24. The molecule has 5 rings (SSSR count). The van der Waals surface area contributed by atoms with Crippen LogP contribution in [0.25, 0.3) is 0 Å². The van der Waals surface area contributed by atoms with Crippen molar-refractivity contribution in [2.75, 3.05) is 25.7 Å². The zero-order valence-corrected chi connectivity index (χ0v) is 23.6. The minimum absolute atomic E-state index is 0.197. The number of methoxy groups -OCH3 is 2. The van der Waals surface area contributed by atoms with Crippen molar-refractivity contribution in [3.8, 4) is 11.5 Å². The van der Waals surface area contributed by atoms with Crippen LogP contribution in [0.5, 0.6) is 11.5 Å². The molecule has 2 amide bonds. The Morgan fingerprint density at radius 1 is 0.875 bits per heavy atom. The van der Waals surface area contributed by atoms with Gasteiger partial charge in [0.1, 0.15) is 0 Å². The molecular weight excluding hydrogens is 548 g/mol. The molecular formula is C31H27ClN2O5S. The zero-order valence-electron chi connectivity index (χ0n) is 22.0. The molecule has 0 spiro atoms. The van der Waals surface area contributed by atoms with Gasteiger partial charge in [-0.2, -0.15) is 0 Å². The lowest BCUT2D eigenvalue weighted by atomic mass is 10.1. The average molecular weight is 575 g/mol. The standard InChI is InChI=1S/C31H27ClN2O5S/c1-38-26-12-10-20(17-27(26)39-2)14-15-33-30(35)22-11-13-29-25(18-22)34(19-21-6-5-7-23(32)16-21)31(36)24-8-3-4-9-28(24)40(29)37/h3-13,16-18H,14-15,19H2,1-2H3,(H,33,35).